The van der Waals surface area contributed by atoms with Gasteiger partial charge in [0.2, 0.25) is 5.76 Å². The highest BCUT2D eigenvalue weighted by molar-refractivity contribution is 5.94. The fourth-order valence-electron chi connectivity index (χ4n) is 2.78. The molecule has 1 aromatic heterocycles. The first-order valence-electron chi connectivity index (χ1n) is 9.16. The van der Waals surface area contributed by atoms with Gasteiger partial charge in [0.05, 0.1) is 6.04 Å². The van der Waals surface area contributed by atoms with Crippen LogP contribution >= 0.6 is 0 Å². The average molecular weight is 391 g/mol. The van der Waals surface area contributed by atoms with Gasteiger partial charge in [0.25, 0.3) is 5.91 Å². The number of benzene rings is 2. The Morgan fingerprint density at radius 3 is 2.31 bits per heavy atom. The summed E-state index contributed by atoms with van der Waals surface area (Å²) in [5, 5.41) is 2.77. The lowest BCUT2D eigenvalue weighted by molar-refractivity contribution is -0.124. The van der Waals surface area contributed by atoms with Gasteiger partial charge in [-0.05, 0) is 31.5 Å². The summed E-state index contributed by atoms with van der Waals surface area (Å²) in [6.45, 7) is 2.94. The summed E-state index contributed by atoms with van der Waals surface area (Å²) in [6.07, 6.45) is 0. The van der Waals surface area contributed by atoms with E-state index in [4.69, 9.17) is 9.15 Å². The van der Waals surface area contributed by atoms with Gasteiger partial charge in [0.15, 0.2) is 12.4 Å². The normalized spacial score (nSPS) is 11.5. The van der Waals surface area contributed by atoms with Crippen molar-refractivity contribution in [3.8, 4) is 11.3 Å². The Kier molecular flexibility index (Phi) is 6.24. The van der Waals surface area contributed by atoms with Gasteiger partial charge in [-0.3, -0.25) is 9.59 Å². The Hall–Kier alpha value is -3.67. The van der Waals surface area contributed by atoms with Crippen molar-refractivity contribution < 1.29 is 23.5 Å². The maximum Gasteiger partial charge on any atom is 0.374 e. The standard InChI is InChI=1S/C23H21NO5/c1-15(17-6-4-3-5-7-17)24-22(26)14-28-23(27)21-13-12-20(29-21)19-10-8-18(9-11-19)16(2)25/h3-13,15H,14H2,1-2H3,(H,24,26)/t15-/m0/s1. The number of carbonyl (C=O) groups excluding carboxylic acids is 3. The first kappa shape index (κ1) is 20.1. The van der Waals surface area contributed by atoms with Crippen molar-refractivity contribution in [3.63, 3.8) is 0 Å². The van der Waals surface area contributed by atoms with E-state index in [1.165, 1.54) is 13.0 Å². The molecular formula is C23H21NO5. The third-order valence-electron chi connectivity index (χ3n) is 4.39. The molecule has 3 aromatic rings. The summed E-state index contributed by atoms with van der Waals surface area (Å²) in [4.78, 5) is 35.5. The lowest BCUT2D eigenvalue weighted by Crippen LogP contribution is -2.31. The maximum atomic E-state index is 12.2. The van der Waals surface area contributed by atoms with Crippen LogP contribution in [0.4, 0.5) is 0 Å². The molecule has 148 valence electrons. The van der Waals surface area contributed by atoms with E-state index in [0.717, 1.165) is 11.1 Å². The number of rotatable bonds is 7. The number of carbonyl (C=O) groups is 3. The van der Waals surface area contributed by atoms with Crippen molar-refractivity contribution in [2.24, 2.45) is 0 Å². The molecule has 0 radical (unpaired) electrons. The molecule has 0 unspecified atom stereocenters. The number of Topliss-reactive ketones (excluding diaryl/α,β-unsaturated/α-hetero) is 1. The quantitative estimate of drug-likeness (QED) is 0.482. The van der Waals surface area contributed by atoms with E-state index in [2.05, 4.69) is 5.32 Å². The minimum absolute atomic E-state index is 0.000415. The average Bonchev–Trinajstić information content (AvgIpc) is 3.23. The maximum absolute atomic E-state index is 12.2. The zero-order valence-electron chi connectivity index (χ0n) is 16.2. The van der Waals surface area contributed by atoms with Crippen molar-refractivity contribution in [1.82, 2.24) is 5.32 Å². The molecule has 0 saturated carbocycles. The highest BCUT2D eigenvalue weighted by atomic mass is 16.5. The molecule has 3 rings (SSSR count). The second-order valence-electron chi connectivity index (χ2n) is 6.57. The minimum Gasteiger partial charge on any atom is -0.450 e. The van der Waals surface area contributed by atoms with Gasteiger partial charge in [-0.25, -0.2) is 4.79 Å². The molecule has 2 aromatic carbocycles. The van der Waals surface area contributed by atoms with Gasteiger partial charge in [-0.2, -0.15) is 0 Å². The number of esters is 1. The number of furan rings is 1. The molecule has 0 aliphatic rings. The summed E-state index contributed by atoms with van der Waals surface area (Å²) < 4.78 is 10.6. The molecule has 1 N–H and O–H groups in total. The number of hydrogen-bond donors (Lipinski definition) is 1. The fourth-order valence-corrected chi connectivity index (χ4v) is 2.78. The lowest BCUT2D eigenvalue weighted by Gasteiger charge is -2.14. The van der Waals surface area contributed by atoms with Crippen molar-refractivity contribution in [3.05, 3.63) is 83.6 Å². The Bertz CT molecular complexity index is 1010. The van der Waals surface area contributed by atoms with Crippen LogP contribution in [0.15, 0.2) is 71.1 Å². The van der Waals surface area contributed by atoms with E-state index in [0.29, 0.717) is 11.3 Å². The zero-order valence-corrected chi connectivity index (χ0v) is 16.2. The second-order valence-corrected chi connectivity index (χ2v) is 6.57. The van der Waals surface area contributed by atoms with Gasteiger partial charge in [0.1, 0.15) is 5.76 Å². The molecule has 6 nitrogen and oxygen atoms in total. The van der Waals surface area contributed by atoms with Gasteiger partial charge in [-0.15, -0.1) is 0 Å². The molecule has 6 heteroatoms. The highest BCUT2D eigenvalue weighted by Crippen LogP contribution is 2.23. The number of ether oxygens (including phenoxy) is 1. The Labute approximate surface area is 168 Å². The first-order valence-corrected chi connectivity index (χ1v) is 9.16. The van der Waals surface area contributed by atoms with Crippen molar-refractivity contribution in [2.45, 2.75) is 19.9 Å². The molecule has 0 aliphatic heterocycles. The topological polar surface area (TPSA) is 85.6 Å². The molecule has 1 atom stereocenters. The van der Waals surface area contributed by atoms with E-state index >= 15 is 0 Å². The van der Waals surface area contributed by atoms with Gasteiger partial charge in [0, 0.05) is 11.1 Å². The van der Waals surface area contributed by atoms with Crippen LogP contribution in [0.2, 0.25) is 0 Å². The summed E-state index contributed by atoms with van der Waals surface area (Å²) in [6, 6.07) is 19.3. The van der Waals surface area contributed by atoms with Crippen LogP contribution in [-0.2, 0) is 9.53 Å². The van der Waals surface area contributed by atoms with E-state index in [1.54, 1.807) is 30.3 Å². The van der Waals surface area contributed by atoms with Gasteiger partial charge < -0.3 is 14.5 Å². The summed E-state index contributed by atoms with van der Waals surface area (Å²) >= 11 is 0. The van der Waals surface area contributed by atoms with Crippen molar-refractivity contribution in [2.75, 3.05) is 6.61 Å². The number of nitrogens with one attached hydrogen (secondary N) is 1. The van der Waals surface area contributed by atoms with Gasteiger partial charge >= 0.3 is 5.97 Å². The van der Waals surface area contributed by atoms with Crippen LogP contribution in [0.1, 0.15) is 46.4 Å². The Morgan fingerprint density at radius 1 is 0.966 bits per heavy atom. The third-order valence-corrected chi connectivity index (χ3v) is 4.39. The van der Waals surface area contributed by atoms with Crippen LogP contribution in [0.25, 0.3) is 11.3 Å². The van der Waals surface area contributed by atoms with Crippen LogP contribution in [0.5, 0.6) is 0 Å². The van der Waals surface area contributed by atoms with E-state index < -0.39 is 18.5 Å². The highest BCUT2D eigenvalue weighted by Gasteiger charge is 2.16. The minimum atomic E-state index is -0.723. The van der Waals surface area contributed by atoms with Gasteiger partial charge in [-0.1, -0.05) is 54.6 Å². The van der Waals surface area contributed by atoms with Crippen molar-refractivity contribution >= 4 is 17.7 Å². The molecule has 1 amide bonds. The smallest absolute Gasteiger partial charge is 0.374 e. The predicted octanol–water partition coefficient (Wildman–Crippen LogP) is 4.18. The van der Waals surface area contributed by atoms with Crippen LogP contribution in [0.3, 0.4) is 0 Å². The molecule has 0 spiro atoms. The lowest BCUT2D eigenvalue weighted by atomic mass is 10.1. The number of amides is 1. The first-order chi connectivity index (χ1) is 13.9. The fraction of sp³-hybridized carbons (Fsp3) is 0.174. The molecule has 1 heterocycles. The molecule has 0 fully saturated rings. The zero-order chi connectivity index (χ0) is 20.8. The summed E-state index contributed by atoms with van der Waals surface area (Å²) in [7, 11) is 0. The second kappa shape index (κ2) is 9.01. The largest absolute Gasteiger partial charge is 0.450 e. The number of ketones is 1. The number of hydrogen-bond acceptors (Lipinski definition) is 5. The van der Waals surface area contributed by atoms with Crippen LogP contribution in [-0.4, -0.2) is 24.3 Å². The summed E-state index contributed by atoms with van der Waals surface area (Å²) in [5.74, 6) is -0.686. The Balaban J connectivity index is 1.55. The SMILES string of the molecule is CC(=O)c1ccc(-c2ccc(C(=O)OCC(=O)N[C@@H](C)c3ccccc3)o2)cc1. The van der Waals surface area contributed by atoms with Crippen LogP contribution in [0, 0.1) is 0 Å². The van der Waals surface area contributed by atoms with Crippen molar-refractivity contribution in [1.29, 1.82) is 0 Å². The molecule has 29 heavy (non-hydrogen) atoms. The van der Waals surface area contributed by atoms with E-state index in [-0.39, 0.29) is 17.6 Å². The molecule has 0 bridgehead atoms. The molecule has 0 saturated heterocycles. The third kappa shape index (κ3) is 5.19. The Morgan fingerprint density at radius 2 is 1.66 bits per heavy atom. The monoisotopic (exact) mass is 391 g/mol. The molecular weight excluding hydrogens is 370 g/mol. The van der Waals surface area contributed by atoms with E-state index in [1.807, 2.05) is 37.3 Å². The van der Waals surface area contributed by atoms with Crippen LogP contribution < -0.4 is 5.32 Å². The van der Waals surface area contributed by atoms with E-state index in [9.17, 15) is 14.4 Å². The predicted molar refractivity (Wildman–Crippen MR) is 107 cm³/mol. The summed E-state index contributed by atoms with van der Waals surface area (Å²) in [5.41, 5.74) is 2.28. The molecule has 0 aliphatic carbocycles.